The highest BCUT2D eigenvalue weighted by molar-refractivity contribution is 7.80. The molecule has 0 spiro atoms. The van der Waals surface area contributed by atoms with Crippen LogP contribution in [0.5, 0.6) is 0 Å². The maximum atomic E-state index is 13.5. The Morgan fingerprint density at radius 3 is 2.59 bits per heavy atom. The number of hydrogen-bond acceptors (Lipinski definition) is 5. The molecule has 2 aromatic carbocycles. The van der Waals surface area contributed by atoms with Gasteiger partial charge in [-0.05, 0) is 49.4 Å². The lowest BCUT2D eigenvalue weighted by atomic mass is 10.1. The van der Waals surface area contributed by atoms with Crippen LogP contribution in [0, 0.1) is 29.9 Å². The largest absolute Gasteiger partial charge is 0.320 e. The van der Waals surface area contributed by atoms with Crippen molar-refractivity contribution in [3.63, 3.8) is 0 Å². The van der Waals surface area contributed by atoms with Crippen molar-refractivity contribution in [3.05, 3.63) is 89.2 Å². The number of carbonyl (C=O) groups is 1. The van der Waals surface area contributed by atoms with E-state index in [1.54, 1.807) is 30.3 Å². The molecule has 158 valence electrons. The number of anilines is 1. The Balaban J connectivity index is 1.78. The number of nitrogens with zero attached hydrogens (tertiary/aromatic N) is 4. The number of amides is 1. The number of benzene rings is 2. The summed E-state index contributed by atoms with van der Waals surface area (Å²) < 4.78 is 28.2. The van der Waals surface area contributed by atoms with E-state index in [-0.39, 0.29) is 11.4 Å². The van der Waals surface area contributed by atoms with Gasteiger partial charge in [-0.2, -0.15) is 10.4 Å². The van der Waals surface area contributed by atoms with Crippen LogP contribution in [0.4, 0.5) is 14.5 Å². The molecule has 9 heteroatoms. The van der Waals surface area contributed by atoms with E-state index >= 15 is 0 Å². The summed E-state index contributed by atoms with van der Waals surface area (Å²) in [4.78, 5) is 17.7. The molecule has 0 unspecified atom stereocenters. The molecule has 0 aliphatic heterocycles. The van der Waals surface area contributed by atoms with Crippen molar-refractivity contribution in [1.82, 2.24) is 14.8 Å². The van der Waals surface area contributed by atoms with Crippen LogP contribution in [-0.4, -0.2) is 20.7 Å². The number of rotatable bonds is 4. The molecular formula is C23H15F2N5OS. The molecular weight excluding hydrogens is 432 g/mol. The Labute approximate surface area is 187 Å². The molecule has 1 N–H and O–H groups in total. The van der Waals surface area contributed by atoms with Gasteiger partial charge in [0.2, 0.25) is 0 Å². The van der Waals surface area contributed by atoms with Gasteiger partial charge in [-0.3, -0.25) is 4.79 Å². The number of nitriles is 1. The first-order valence-corrected chi connectivity index (χ1v) is 9.84. The minimum atomic E-state index is -1.07. The van der Waals surface area contributed by atoms with Crippen LogP contribution in [-0.2, 0) is 0 Å². The van der Waals surface area contributed by atoms with Crippen molar-refractivity contribution >= 4 is 24.2 Å². The molecule has 0 atom stereocenters. The average molecular weight is 447 g/mol. The number of aromatic nitrogens is 3. The van der Waals surface area contributed by atoms with Gasteiger partial charge in [0.1, 0.15) is 6.07 Å². The highest BCUT2D eigenvalue weighted by atomic mass is 32.1. The van der Waals surface area contributed by atoms with Crippen molar-refractivity contribution < 1.29 is 13.6 Å². The lowest BCUT2D eigenvalue weighted by Crippen LogP contribution is -2.13. The Kier molecular flexibility index (Phi) is 5.71. The molecule has 4 rings (SSSR count). The molecule has 6 nitrogen and oxygen atoms in total. The summed E-state index contributed by atoms with van der Waals surface area (Å²) in [7, 11) is 0. The third-order valence-electron chi connectivity index (χ3n) is 4.62. The molecule has 0 radical (unpaired) electrons. The van der Waals surface area contributed by atoms with Crippen molar-refractivity contribution in [2.45, 2.75) is 11.8 Å². The van der Waals surface area contributed by atoms with E-state index in [1.807, 2.05) is 19.1 Å². The SMILES string of the molecule is Cc1cccc(-n2nc(C(=O)Nc3ccc(F)c(F)c3)cc2-c2ccc(C#N)c(S)c2)n1. The number of pyridine rings is 1. The number of aryl methyl sites for hydroxylation is 1. The van der Waals surface area contributed by atoms with E-state index in [2.05, 4.69) is 34.1 Å². The molecule has 0 aliphatic carbocycles. The molecule has 0 aliphatic rings. The van der Waals surface area contributed by atoms with Crippen molar-refractivity contribution in [1.29, 1.82) is 5.26 Å². The number of hydrogen-bond donors (Lipinski definition) is 2. The summed E-state index contributed by atoms with van der Waals surface area (Å²) in [5.41, 5.74) is 2.50. The molecule has 32 heavy (non-hydrogen) atoms. The van der Waals surface area contributed by atoms with Crippen LogP contribution in [0.3, 0.4) is 0 Å². The zero-order valence-corrected chi connectivity index (χ0v) is 17.6. The topological polar surface area (TPSA) is 83.6 Å². The summed E-state index contributed by atoms with van der Waals surface area (Å²) in [6, 6.07) is 17.1. The second-order valence-electron chi connectivity index (χ2n) is 6.89. The first-order valence-electron chi connectivity index (χ1n) is 9.39. The van der Waals surface area contributed by atoms with Crippen LogP contribution in [0.1, 0.15) is 21.7 Å². The minimum absolute atomic E-state index is 0.0399. The maximum absolute atomic E-state index is 13.5. The smallest absolute Gasteiger partial charge is 0.276 e. The first kappa shape index (κ1) is 21.2. The highest BCUT2D eigenvalue weighted by Crippen LogP contribution is 2.27. The van der Waals surface area contributed by atoms with Crippen LogP contribution in [0.15, 0.2) is 65.6 Å². The van der Waals surface area contributed by atoms with Crippen molar-refractivity contribution in [2.75, 3.05) is 5.32 Å². The Bertz CT molecular complexity index is 1390. The predicted octanol–water partition coefficient (Wildman–Crippen LogP) is 4.93. The standard InChI is InChI=1S/C23H15F2N5OS/c1-13-3-2-4-22(27-13)30-20(14-5-6-15(12-26)21(32)9-14)11-19(29-30)23(31)28-16-7-8-17(24)18(25)10-16/h2-11,32H,1H3,(H,28,31). The van der Waals surface area contributed by atoms with Gasteiger partial charge in [-0.15, -0.1) is 12.6 Å². The van der Waals surface area contributed by atoms with Gasteiger partial charge in [0.15, 0.2) is 23.1 Å². The quantitative estimate of drug-likeness (QED) is 0.435. The van der Waals surface area contributed by atoms with Gasteiger partial charge < -0.3 is 5.32 Å². The Hall–Kier alpha value is -4.03. The fourth-order valence-electron chi connectivity index (χ4n) is 3.07. The fraction of sp³-hybridized carbons (Fsp3) is 0.0435. The van der Waals surface area contributed by atoms with Gasteiger partial charge in [0, 0.05) is 27.9 Å². The van der Waals surface area contributed by atoms with Gasteiger partial charge in [-0.25, -0.2) is 18.4 Å². The normalized spacial score (nSPS) is 10.6. The second kappa shape index (κ2) is 8.61. The second-order valence-corrected chi connectivity index (χ2v) is 7.37. The van der Waals surface area contributed by atoms with Crippen LogP contribution in [0.2, 0.25) is 0 Å². The van der Waals surface area contributed by atoms with Gasteiger partial charge >= 0.3 is 0 Å². The lowest BCUT2D eigenvalue weighted by Gasteiger charge is -2.08. The lowest BCUT2D eigenvalue weighted by molar-refractivity contribution is 0.102. The summed E-state index contributed by atoms with van der Waals surface area (Å²) >= 11 is 4.35. The molecule has 4 aromatic rings. The summed E-state index contributed by atoms with van der Waals surface area (Å²) in [5, 5.41) is 16.1. The van der Waals surface area contributed by atoms with E-state index in [0.717, 1.165) is 17.8 Å². The summed E-state index contributed by atoms with van der Waals surface area (Å²) in [6.07, 6.45) is 0. The molecule has 0 saturated carbocycles. The van der Waals surface area contributed by atoms with Crippen molar-refractivity contribution in [2.24, 2.45) is 0 Å². The Morgan fingerprint density at radius 1 is 1.09 bits per heavy atom. The number of carbonyl (C=O) groups excluding carboxylic acids is 1. The number of halogens is 2. The van der Waals surface area contributed by atoms with E-state index in [1.165, 1.54) is 10.7 Å². The highest BCUT2D eigenvalue weighted by Gasteiger charge is 2.19. The average Bonchev–Trinajstić information content (AvgIpc) is 3.22. The maximum Gasteiger partial charge on any atom is 0.276 e. The van der Waals surface area contributed by atoms with E-state index in [9.17, 15) is 13.6 Å². The van der Waals surface area contributed by atoms with E-state index in [4.69, 9.17) is 5.26 Å². The van der Waals surface area contributed by atoms with Gasteiger partial charge in [0.25, 0.3) is 5.91 Å². The first-order chi connectivity index (χ1) is 15.4. The summed E-state index contributed by atoms with van der Waals surface area (Å²) in [5.74, 6) is -2.21. The third kappa shape index (κ3) is 4.22. The van der Waals surface area contributed by atoms with Gasteiger partial charge in [-0.1, -0.05) is 12.1 Å². The molecule has 0 saturated heterocycles. The van der Waals surface area contributed by atoms with Crippen LogP contribution >= 0.6 is 12.6 Å². The third-order valence-corrected chi connectivity index (χ3v) is 4.99. The monoisotopic (exact) mass is 447 g/mol. The number of thiol groups is 1. The zero-order chi connectivity index (χ0) is 22.8. The van der Waals surface area contributed by atoms with E-state index < -0.39 is 17.5 Å². The molecule has 2 aromatic heterocycles. The van der Waals surface area contributed by atoms with Crippen LogP contribution < -0.4 is 5.32 Å². The Morgan fingerprint density at radius 2 is 1.91 bits per heavy atom. The molecule has 0 bridgehead atoms. The molecule has 2 heterocycles. The summed E-state index contributed by atoms with van der Waals surface area (Å²) in [6.45, 7) is 1.83. The predicted molar refractivity (Wildman–Crippen MR) is 118 cm³/mol. The number of nitrogens with one attached hydrogen (secondary N) is 1. The molecule has 1 amide bonds. The van der Waals surface area contributed by atoms with Crippen LogP contribution in [0.25, 0.3) is 17.1 Å². The van der Waals surface area contributed by atoms with Gasteiger partial charge in [0.05, 0.1) is 11.3 Å². The van der Waals surface area contributed by atoms with E-state index in [0.29, 0.717) is 27.5 Å². The van der Waals surface area contributed by atoms with Crippen molar-refractivity contribution in [3.8, 4) is 23.1 Å². The molecule has 0 fully saturated rings. The fourth-order valence-corrected chi connectivity index (χ4v) is 3.34. The zero-order valence-electron chi connectivity index (χ0n) is 16.7. The minimum Gasteiger partial charge on any atom is -0.320 e.